The highest BCUT2D eigenvalue weighted by atomic mass is 16.7. The van der Waals surface area contributed by atoms with E-state index in [1.54, 1.807) is 0 Å². The van der Waals surface area contributed by atoms with Gasteiger partial charge in [0.1, 0.15) is 35.7 Å². The lowest BCUT2D eigenvalue weighted by molar-refractivity contribution is -0.277. The van der Waals surface area contributed by atoms with Crippen molar-refractivity contribution in [3.63, 3.8) is 0 Å². The first-order valence-corrected chi connectivity index (χ1v) is 10.0. The quantitative estimate of drug-likeness (QED) is 0.223. The molecule has 9 N–H and O–H groups in total. The van der Waals surface area contributed by atoms with Gasteiger partial charge in [-0.15, -0.1) is 0 Å². The molecule has 2 aliphatic rings. The number of carbonyl (C=O) groups is 1. The minimum Gasteiger partial charge on any atom is -0.504 e. The van der Waals surface area contributed by atoms with E-state index in [0.29, 0.717) is 0 Å². The number of aromatic hydroxyl groups is 4. The summed E-state index contributed by atoms with van der Waals surface area (Å²) in [4.78, 5) is 12.9. The third-order valence-electron chi connectivity index (χ3n) is 5.66. The van der Waals surface area contributed by atoms with Crippen LogP contribution in [0.25, 0.3) is 0 Å². The van der Waals surface area contributed by atoms with Crippen molar-refractivity contribution < 1.29 is 65.0 Å². The second-order valence-electron chi connectivity index (χ2n) is 7.86. The Morgan fingerprint density at radius 3 is 2.24 bits per heavy atom. The SMILES string of the molecule is O=C1c2c(cc(O)c(O[C@@H]3O[C@H](CO)[C@@H](O)[C@H](O)[C@H]3O)c2O)OC(c2ccc(O)c(O)c2)C1O. The standard InChI is InChI=1S/C21H22O13/c22-5-11-13(26)16(29)18(31)21(33-11)34-20-9(25)4-10-12(15(20)28)14(27)17(30)19(32-10)6-1-2-7(23)8(24)3-6/h1-4,11,13,16-19,21-26,28-31H,5H2/t11-,13-,16+,17?,18-,19?,21+/m1/s1. The van der Waals surface area contributed by atoms with Crippen LogP contribution >= 0.6 is 0 Å². The van der Waals surface area contributed by atoms with E-state index in [9.17, 15) is 50.8 Å². The maximum atomic E-state index is 12.9. The van der Waals surface area contributed by atoms with Crippen LogP contribution in [-0.2, 0) is 4.74 Å². The molecule has 2 aliphatic heterocycles. The zero-order valence-corrected chi connectivity index (χ0v) is 17.2. The van der Waals surface area contributed by atoms with Gasteiger partial charge in [0.25, 0.3) is 0 Å². The zero-order valence-electron chi connectivity index (χ0n) is 17.2. The number of hydrogen-bond donors (Lipinski definition) is 9. The number of phenols is 4. The number of rotatable bonds is 4. The lowest BCUT2D eigenvalue weighted by Crippen LogP contribution is -2.60. The first kappa shape index (κ1) is 23.8. The highest BCUT2D eigenvalue weighted by Gasteiger charge is 2.46. The Balaban J connectivity index is 1.67. The molecule has 13 heteroatoms. The molecule has 4 rings (SSSR count). The molecule has 2 aromatic rings. The minimum absolute atomic E-state index is 0.113. The molecule has 1 saturated heterocycles. The second kappa shape index (κ2) is 8.79. The Kier molecular flexibility index (Phi) is 6.16. The number of ether oxygens (including phenoxy) is 3. The van der Waals surface area contributed by atoms with Crippen LogP contribution in [-0.4, -0.2) is 95.2 Å². The van der Waals surface area contributed by atoms with Crippen molar-refractivity contribution >= 4 is 5.78 Å². The average Bonchev–Trinajstić information content (AvgIpc) is 2.80. The lowest BCUT2D eigenvalue weighted by Gasteiger charge is -2.39. The van der Waals surface area contributed by atoms with Gasteiger partial charge in [-0.3, -0.25) is 4.79 Å². The van der Waals surface area contributed by atoms with Gasteiger partial charge in [0.05, 0.1) is 6.61 Å². The van der Waals surface area contributed by atoms with Crippen molar-refractivity contribution in [2.45, 2.75) is 42.9 Å². The Hall–Kier alpha value is -3.33. The van der Waals surface area contributed by atoms with E-state index >= 15 is 0 Å². The Morgan fingerprint density at radius 1 is 0.882 bits per heavy atom. The first-order chi connectivity index (χ1) is 16.0. The van der Waals surface area contributed by atoms with Crippen molar-refractivity contribution in [3.8, 4) is 34.5 Å². The summed E-state index contributed by atoms with van der Waals surface area (Å²) in [7, 11) is 0. The number of ketones is 1. The molecular formula is C21H22O13. The Labute approximate surface area is 190 Å². The zero-order chi connectivity index (χ0) is 24.9. The normalized spacial score (nSPS) is 31.0. The van der Waals surface area contributed by atoms with Crippen molar-refractivity contribution in [1.82, 2.24) is 0 Å². The minimum atomic E-state index is -1.87. The van der Waals surface area contributed by atoms with Gasteiger partial charge in [-0.2, -0.15) is 0 Å². The van der Waals surface area contributed by atoms with Crippen LogP contribution < -0.4 is 9.47 Å². The van der Waals surface area contributed by atoms with E-state index in [1.807, 2.05) is 0 Å². The molecular weight excluding hydrogens is 460 g/mol. The predicted octanol–water partition coefficient (Wildman–Crippen LogP) is -1.64. The summed E-state index contributed by atoms with van der Waals surface area (Å²) in [6.45, 7) is -0.750. The molecule has 0 saturated carbocycles. The molecule has 1 fully saturated rings. The maximum absolute atomic E-state index is 12.9. The number of carbonyl (C=O) groups excluding carboxylic acids is 1. The number of Topliss-reactive ketones (excluding diaryl/α,β-unsaturated/α-hetero) is 1. The van der Waals surface area contributed by atoms with Crippen molar-refractivity contribution in [3.05, 3.63) is 35.4 Å². The molecule has 184 valence electrons. The molecule has 0 aliphatic carbocycles. The number of phenolic OH excluding ortho intramolecular Hbond substituents is 4. The van der Waals surface area contributed by atoms with Gasteiger partial charge >= 0.3 is 0 Å². The summed E-state index contributed by atoms with van der Waals surface area (Å²) in [6, 6.07) is 4.37. The van der Waals surface area contributed by atoms with Crippen molar-refractivity contribution in [2.24, 2.45) is 0 Å². The summed E-state index contributed by atoms with van der Waals surface area (Å²) in [6.07, 6.45) is -11.7. The van der Waals surface area contributed by atoms with Crippen LogP contribution in [0.1, 0.15) is 22.0 Å². The smallest absolute Gasteiger partial charge is 0.229 e. The number of fused-ring (bicyclic) bond motifs is 1. The van der Waals surface area contributed by atoms with Crippen LogP contribution in [0.3, 0.4) is 0 Å². The Morgan fingerprint density at radius 2 is 1.59 bits per heavy atom. The average molecular weight is 482 g/mol. The molecule has 13 nitrogen and oxygen atoms in total. The van der Waals surface area contributed by atoms with Crippen LogP contribution in [0.5, 0.6) is 34.5 Å². The van der Waals surface area contributed by atoms with Gasteiger partial charge in [0.2, 0.25) is 17.8 Å². The van der Waals surface area contributed by atoms with Crippen LogP contribution in [0, 0.1) is 0 Å². The molecule has 2 heterocycles. The number of aliphatic hydroxyl groups is 5. The van der Waals surface area contributed by atoms with Crippen molar-refractivity contribution in [2.75, 3.05) is 6.61 Å². The molecule has 7 atom stereocenters. The molecule has 0 spiro atoms. The molecule has 0 radical (unpaired) electrons. The van der Waals surface area contributed by atoms with E-state index in [0.717, 1.165) is 18.2 Å². The largest absolute Gasteiger partial charge is 0.504 e. The van der Waals surface area contributed by atoms with E-state index in [1.165, 1.54) is 6.07 Å². The molecule has 0 aromatic heterocycles. The molecule has 0 bridgehead atoms. The highest BCUT2D eigenvalue weighted by molar-refractivity contribution is 6.06. The summed E-state index contributed by atoms with van der Waals surface area (Å²) in [5, 5.41) is 89.8. The summed E-state index contributed by atoms with van der Waals surface area (Å²) >= 11 is 0. The maximum Gasteiger partial charge on any atom is 0.229 e. The van der Waals surface area contributed by atoms with Crippen LogP contribution in [0.4, 0.5) is 0 Å². The molecule has 34 heavy (non-hydrogen) atoms. The fourth-order valence-electron chi connectivity index (χ4n) is 3.80. The Bertz CT molecular complexity index is 1100. The highest BCUT2D eigenvalue weighted by Crippen LogP contribution is 2.49. The lowest BCUT2D eigenvalue weighted by atomic mass is 9.92. The second-order valence-corrected chi connectivity index (χ2v) is 7.86. The molecule has 0 amide bonds. The van der Waals surface area contributed by atoms with Gasteiger partial charge in [0.15, 0.2) is 35.2 Å². The van der Waals surface area contributed by atoms with Gasteiger partial charge < -0.3 is 60.2 Å². The van der Waals surface area contributed by atoms with Gasteiger partial charge in [-0.25, -0.2) is 0 Å². The third kappa shape index (κ3) is 3.83. The summed E-state index contributed by atoms with van der Waals surface area (Å²) in [5.41, 5.74) is -0.452. The van der Waals surface area contributed by atoms with E-state index in [-0.39, 0.29) is 11.3 Å². The van der Waals surface area contributed by atoms with Crippen molar-refractivity contribution in [1.29, 1.82) is 0 Å². The van der Waals surface area contributed by atoms with Crippen LogP contribution in [0.2, 0.25) is 0 Å². The number of hydrogen-bond acceptors (Lipinski definition) is 13. The first-order valence-electron chi connectivity index (χ1n) is 10.0. The van der Waals surface area contributed by atoms with Gasteiger partial charge in [-0.1, -0.05) is 6.07 Å². The van der Waals surface area contributed by atoms with E-state index in [2.05, 4.69) is 0 Å². The fourth-order valence-corrected chi connectivity index (χ4v) is 3.80. The summed E-state index contributed by atoms with van der Waals surface area (Å²) < 4.78 is 16.0. The van der Waals surface area contributed by atoms with Crippen LogP contribution in [0.15, 0.2) is 24.3 Å². The molecule has 2 aromatic carbocycles. The fraction of sp³-hybridized carbons (Fsp3) is 0.381. The topological polar surface area (TPSA) is 227 Å². The van der Waals surface area contributed by atoms with E-state index < -0.39 is 89.6 Å². The van der Waals surface area contributed by atoms with Gasteiger partial charge in [-0.05, 0) is 17.7 Å². The monoisotopic (exact) mass is 482 g/mol. The number of aliphatic hydroxyl groups excluding tert-OH is 5. The number of benzene rings is 2. The third-order valence-corrected chi connectivity index (χ3v) is 5.66. The van der Waals surface area contributed by atoms with E-state index in [4.69, 9.17) is 14.2 Å². The predicted molar refractivity (Wildman–Crippen MR) is 108 cm³/mol. The van der Waals surface area contributed by atoms with Gasteiger partial charge in [0, 0.05) is 6.07 Å². The summed E-state index contributed by atoms with van der Waals surface area (Å²) in [5.74, 6) is -4.84. The molecule has 2 unspecified atom stereocenters.